The first-order chi connectivity index (χ1) is 9.72. The van der Waals surface area contributed by atoms with Crippen molar-refractivity contribution in [3.63, 3.8) is 0 Å². The number of anilines is 2. The molecule has 0 saturated carbocycles. The summed E-state index contributed by atoms with van der Waals surface area (Å²) in [5.74, 6) is -0.00408. The molecule has 0 spiro atoms. The van der Waals surface area contributed by atoms with Crippen molar-refractivity contribution in [2.45, 2.75) is 6.42 Å². The highest BCUT2D eigenvalue weighted by Crippen LogP contribution is 2.15. The van der Waals surface area contributed by atoms with E-state index in [2.05, 4.69) is 26.1 Å². The first-order valence-corrected chi connectivity index (χ1v) is 5.86. The molecule has 2 aromatic rings. The molecule has 100 valence electrons. The maximum absolute atomic E-state index is 11.2. The summed E-state index contributed by atoms with van der Waals surface area (Å²) in [6, 6.07) is 9.51. The fourth-order valence-corrected chi connectivity index (χ4v) is 1.55. The van der Waals surface area contributed by atoms with E-state index in [0.29, 0.717) is 12.2 Å². The molecular weight excluding hydrogens is 256 g/mol. The number of nitriles is 1. The normalized spacial score (nSPS) is 9.60. The molecule has 6 heteroatoms. The number of nitrogens with zero attached hydrogens (tertiary/aromatic N) is 3. The van der Waals surface area contributed by atoms with E-state index in [-0.39, 0.29) is 5.69 Å². The fourth-order valence-electron chi connectivity index (χ4n) is 1.55. The van der Waals surface area contributed by atoms with E-state index in [4.69, 9.17) is 5.26 Å². The van der Waals surface area contributed by atoms with Crippen LogP contribution in [0.3, 0.4) is 0 Å². The Balaban J connectivity index is 2.06. The smallest absolute Gasteiger partial charge is 0.358 e. The van der Waals surface area contributed by atoms with Crippen LogP contribution in [-0.2, 0) is 11.2 Å². The van der Waals surface area contributed by atoms with Crippen LogP contribution in [0.4, 0.5) is 11.5 Å². The lowest BCUT2D eigenvalue weighted by molar-refractivity contribution is 0.0593. The Hall–Kier alpha value is -2.94. The van der Waals surface area contributed by atoms with Crippen LogP contribution in [0.5, 0.6) is 0 Å². The van der Waals surface area contributed by atoms with Gasteiger partial charge in [0.05, 0.1) is 32.0 Å². The molecule has 0 aliphatic carbocycles. The summed E-state index contributed by atoms with van der Waals surface area (Å²) in [4.78, 5) is 19.2. The summed E-state index contributed by atoms with van der Waals surface area (Å²) < 4.78 is 4.54. The monoisotopic (exact) mass is 268 g/mol. The highest BCUT2D eigenvalue weighted by Gasteiger charge is 2.07. The number of rotatable bonds is 4. The first-order valence-electron chi connectivity index (χ1n) is 5.86. The second kappa shape index (κ2) is 6.29. The molecule has 0 bridgehead atoms. The van der Waals surface area contributed by atoms with E-state index in [9.17, 15) is 4.79 Å². The van der Waals surface area contributed by atoms with Crippen LogP contribution in [0.15, 0.2) is 36.7 Å². The predicted octanol–water partition coefficient (Wildman–Crippen LogP) is 2.07. The topological polar surface area (TPSA) is 87.9 Å². The number of methoxy groups -OCH3 is 1. The predicted molar refractivity (Wildman–Crippen MR) is 72.4 cm³/mol. The van der Waals surface area contributed by atoms with Gasteiger partial charge in [-0.05, 0) is 17.7 Å². The SMILES string of the molecule is COC(=O)c1cnc(Nc2ccc(CC#N)cc2)cn1. The zero-order chi connectivity index (χ0) is 14.4. The number of carbonyl (C=O) groups is 1. The van der Waals surface area contributed by atoms with E-state index in [1.54, 1.807) is 0 Å². The van der Waals surface area contributed by atoms with Gasteiger partial charge in [0.2, 0.25) is 0 Å². The molecule has 1 N–H and O–H groups in total. The number of esters is 1. The van der Waals surface area contributed by atoms with Gasteiger partial charge in [-0.25, -0.2) is 14.8 Å². The molecule has 6 nitrogen and oxygen atoms in total. The third-order valence-electron chi connectivity index (χ3n) is 2.56. The van der Waals surface area contributed by atoms with Crippen LogP contribution in [0.1, 0.15) is 16.1 Å². The van der Waals surface area contributed by atoms with Crippen LogP contribution in [0.25, 0.3) is 0 Å². The Morgan fingerprint density at radius 2 is 2.05 bits per heavy atom. The Morgan fingerprint density at radius 1 is 1.30 bits per heavy atom. The van der Waals surface area contributed by atoms with Crippen LogP contribution in [-0.4, -0.2) is 23.0 Å². The van der Waals surface area contributed by atoms with Crippen LogP contribution in [0, 0.1) is 11.3 Å². The van der Waals surface area contributed by atoms with Gasteiger partial charge in [-0.3, -0.25) is 0 Å². The van der Waals surface area contributed by atoms with Crippen molar-refractivity contribution in [2.75, 3.05) is 12.4 Å². The lowest BCUT2D eigenvalue weighted by Gasteiger charge is -2.06. The zero-order valence-corrected chi connectivity index (χ0v) is 10.8. The van der Waals surface area contributed by atoms with Crippen molar-refractivity contribution < 1.29 is 9.53 Å². The highest BCUT2D eigenvalue weighted by molar-refractivity contribution is 5.86. The van der Waals surface area contributed by atoms with Gasteiger partial charge in [-0.1, -0.05) is 12.1 Å². The summed E-state index contributed by atoms with van der Waals surface area (Å²) in [7, 11) is 1.29. The Labute approximate surface area is 116 Å². The summed E-state index contributed by atoms with van der Waals surface area (Å²) in [5.41, 5.74) is 1.93. The number of benzene rings is 1. The molecule has 0 unspecified atom stereocenters. The Kier molecular flexibility index (Phi) is 4.24. The van der Waals surface area contributed by atoms with Gasteiger partial charge in [0.1, 0.15) is 5.82 Å². The molecule has 0 fully saturated rings. The number of hydrogen-bond donors (Lipinski definition) is 1. The number of hydrogen-bond acceptors (Lipinski definition) is 6. The quantitative estimate of drug-likeness (QED) is 0.854. The van der Waals surface area contributed by atoms with E-state index < -0.39 is 5.97 Å². The van der Waals surface area contributed by atoms with Crippen molar-refractivity contribution in [3.05, 3.63) is 47.9 Å². The molecule has 1 aromatic heterocycles. The molecule has 0 atom stereocenters. The standard InChI is InChI=1S/C14H12N4O2/c1-20-14(19)12-8-17-13(9-16-12)18-11-4-2-10(3-5-11)6-7-15/h2-5,8-9H,6H2,1H3,(H,17,18). The molecule has 0 amide bonds. The maximum atomic E-state index is 11.2. The molecular formula is C14H12N4O2. The number of carbonyl (C=O) groups excluding carboxylic acids is 1. The minimum absolute atomic E-state index is 0.155. The second-order valence-electron chi connectivity index (χ2n) is 3.94. The van der Waals surface area contributed by atoms with Gasteiger partial charge in [0.15, 0.2) is 5.69 Å². The van der Waals surface area contributed by atoms with Gasteiger partial charge in [0.25, 0.3) is 0 Å². The average Bonchev–Trinajstić information content (AvgIpc) is 2.49. The average molecular weight is 268 g/mol. The molecule has 0 aliphatic heterocycles. The summed E-state index contributed by atoms with van der Waals surface area (Å²) in [5, 5.41) is 11.6. The Morgan fingerprint density at radius 3 is 2.60 bits per heavy atom. The Bertz CT molecular complexity index is 630. The van der Waals surface area contributed by atoms with E-state index in [0.717, 1.165) is 11.3 Å². The van der Waals surface area contributed by atoms with Gasteiger partial charge in [-0.2, -0.15) is 5.26 Å². The first kappa shape index (κ1) is 13.5. The minimum Gasteiger partial charge on any atom is -0.464 e. The summed E-state index contributed by atoms with van der Waals surface area (Å²) in [6.45, 7) is 0. The van der Waals surface area contributed by atoms with Crippen LogP contribution < -0.4 is 5.32 Å². The van der Waals surface area contributed by atoms with Crippen molar-refractivity contribution in [2.24, 2.45) is 0 Å². The van der Waals surface area contributed by atoms with E-state index in [1.807, 2.05) is 24.3 Å². The largest absolute Gasteiger partial charge is 0.464 e. The molecule has 1 aromatic carbocycles. The van der Waals surface area contributed by atoms with Gasteiger partial charge >= 0.3 is 5.97 Å². The zero-order valence-electron chi connectivity index (χ0n) is 10.8. The number of nitrogens with one attached hydrogen (secondary N) is 1. The molecule has 0 saturated heterocycles. The van der Waals surface area contributed by atoms with Crippen molar-refractivity contribution in [1.29, 1.82) is 5.26 Å². The summed E-state index contributed by atoms with van der Waals surface area (Å²) >= 11 is 0. The van der Waals surface area contributed by atoms with Crippen LogP contribution >= 0.6 is 0 Å². The maximum Gasteiger partial charge on any atom is 0.358 e. The molecule has 0 aliphatic rings. The summed E-state index contributed by atoms with van der Waals surface area (Å²) in [6.07, 6.45) is 3.18. The lowest BCUT2D eigenvalue weighted by Crippen LogP contribution is -2.05. The molecule has 2 rings (SSSR count). The van der Waals surface area contributed by atoms with E-state index in [1.165, 1.54) is 19.5 Å². The third-order valence-corrected chi connectivity index (χ3v) is 2.56. The molecule has 1 heterocycles. The van der Waals surface area contributed by atoms with Crippen LogP contribution in [0.2, 0.25) is 0 Å². The molecule has 20 heavy (non-hydrogen) atoms. The highest BCUT2D eigenvalue weighted by atomic mass is 16.5. The lowest BCUT2D eigenvalue weighted by atomic mass is 10.1. The van der Waals surface area contributed by atoms with Gasteiger partial charge in [0, 0.05) is 5.69 Å². The van der Waals surface area contributed by atoms with Crippen molar-refractivity contribution >= 4 is 17.5 Å². The fraction of sp³-hybridized carbons (Fsp3) is 0.143. The van der Waals surface area contributed by atoms with Crippen molar-refractivity contribution in [1.82, 2.24) is 9.97 Å². The number of ether oxygens (including phenoxy) is 1. The molecule has 0 radical (unpaired) electrons. The number of aromatic nitrogens is 2. The van der Waals surface area contributed by atoms with Crippen molar-refractivity contribution in [3.8, 4) is 6.07 Å². The van der Waals surface area contributed by atoms with Gasteiger partial charge < -0.3 is 10.1 Å². The second-order valence-corrected chi connectivity index (χ2v) is 3.94. The van der Waals surface area contributed by atoms with E-state index >= 15 is 0 Å². The minimum atomic E-state index is -0.523. The third kappa shape index (κ3) is 3.29. The van der Waals surface area contributed by atoms with Gasteiger partial charge in [-0.15, -0.1) is 0 Å².